The van der Waals surface area contributed by atoms with E-state index in [-0.39, 0.29) is 30.5 Å². The van der Waals surface area contributed by atoms with E-state index < -0.39 is 0 Å². The van der Waals surface area contributed by atoms with Crippen LogP contribution in [0.15, 0.2) is 71.1 Å². The SMILES string of the molecule is CCOC(=O)N1CC[N+](=C2C(=CC=C3N(C)c4cc5c(cc4C3(C)C)OCO5)CCC2=CC=C2N(C)c3cc4c(cc3C2(C)C)OCO4)CC1. The molecule has 0 unspecified atom stereocenters. The van der Waals surface area contributed by atoms with Crippen LogP contribution in [0.5, 0.6) is 23.0 Å². The van der Waals surface area contributed by atoms with Crippen molar-refractivity contribution in [3.63, 3.8) is 0 Å². The van der Waals surface area contributed by atoms with Crippen LogP contribution in [0.2, 0.25) is 0 Å². The molecule has 1 saturated carbocycles. The maximum atomic E-state index is 12.6. The summed E-state index contributed by atoms with van der Waals surface area (Å²) in [5, 5.41) is 0. The van der Waals surface area contributed by atoms with Gasteiger partial charge >= 0.3 is 6.09 Å². The number of fused-ring (bicyclic) bond motifs is 4. The molecule has 0 N–H and O–H groups in total. The minimum absolute atomic E-state index is 0.209. The molecule has 2 aromatic carbocycles. The Morgan fingerprint density at radius 3 is 1.62 bits per heavy atom. The second kappa shape index (κ2) is 11.9. The molecule has 2 aromatic rings. The van der Waals surface area contributed by atoms with Crippen molar-refractivity contribution in [1.29, 1.82) is 0 Å². The van der Waals surface area contributed by atoms with Crippen LogP contribution in [0.3, 0.4) is 0 Å². The molecule has 1 amide bonds. The van der Waals surface area contributed by atoms with E-state index in [0.717, 1.165) is 60.3 Å². The lowest BCUT2D eigenvalue weighted by Crippen LogP contribution is -2.47. The summed E-state index contributed by atoms with van der Waals surface area (Å²) in [7, 11) is 4.27. The molecule has 0 atom stereocenters. The molecule has 1 aliphatic carbocycles. The highest BCUT2D eigenvalue weighted by Gasteiger charge is 2.42. The minimum atomic E-state index is -0.231. The average molecular weight is 680 g/mol. The number of nitrogens with zero attached hydrogens (tertiary/aromatic N) is 4. The number of ether oxygens (including phenoxy) is 5. The topological polar surface area (TPSA) is 76.0 Å². The molecule has 5 aliphatic heterocycles. The fourth-order valence-electron chi connectivity index (χ4n) is 8.56. The van der Waals surface area contributed by atoms with Crippen molar-refractivity contribution in [3.05, 3.63) is 82.2 Å². The third-order valence-electron chi connectivity index (χ3n) is 11.3. The summed E-state index contributed by atoms with van der Waals surface area (Å²) >= 11 is 0. The summed E-state index contributed by atoms with van der Waals surface area (Å²) in [6, 6.07) is 8.48. The van der Waals surface area contributed by atoms with Crippen LogP contribution in [0.25, 0.3) is 0 Å². The predicted octanol–water partition coefficient (Wildman–Crippen LogP) is 6.64. The molecule has 1 saturated heterocycles. The molecule has 0 bridgehead atoms. The fraction of sp³-hybridized carbons (Fsp3) is 0.450. The van der Waals surface area contributed by atoms with E-state index in [9.17, 15) is 4.79 Å². The highest BCUT2D eigenvalue weighted by Crippen LogP contribution is 2.53. The number of likely N-dealkylation sites (N-methyl/N-ethyl adjacent to an activating group) is 2. The molecular formula is C40H47N4O6+. The highest BCUT2D eigenvalue weighted by molar-refractivity contribution is 6.12. The minimum Gasteiger partial charge on any atom is -0.454 e. The zero-order chi connectivity index (χ0) is 34.9. The lowest BCUT2D eigenvalue weighted by Gasteiger charge is -2.25. The zero-order valence-electron chi connectivity index (χ0n) is 30.2. The number of piperazine rings is 1. The number of rotatable bonds is 3. The lowest BCUT2D eigenvalue weighted by molar-refractivity contribution is -0.537. The summed E-state index contributed by atoms with van der Waals surface area (Å²) in [4.78, 5) is 18.9. The van der Waals surface area contributed by atoms with Crippen molar-refractivity contribution in [2.24, 2.45) is 0 Å². The largest absolute Gasteiger partial charge is 0.454 e. The standard InChI is InChI=1S/C40H47N4O6/c1-8-46-38(45)44-17-15-43(16-18-44)37-25(11-13-35-39(2,3)27-19-31-33(49-23-47-31)21-29(27)41(35)6)9-10-26(37)12-14-36-40(4,5)28-20-32-34(50-24-48-32)22-30(28)42(36)7/h11-14,19-22H,8-10,15-18,23-24H2,1-7H3/q+1. The van der Waals surface area contributed by atoms with Crippen LogP contribution < -0.4 is 28.7 Å². The van der Waals surface area contributed by atoms with E-state index in [4.69, 9.17) is 23.7 Å². The first-order valence-electron chi connectivity index (χ1n) is 17.7. The number of carbonyl (C=O) groups is 1. The van der Waals surface area contributed by atoms with Crippen LogP contribution in [-0.4, -0.2) is 81.7 Å². The number of anilines is 2. The van der Waals surface area contributed by atoms with Gasteiger partial charge in [0.25, 0.3) is 0 Å². The van der Waals surface area contributed by atoms with Gasteiger partial charge in [0.05, 0.1) is 19.7 Å². The third kappa shape index (κ3) is 5.05. The molecule has 262 valence electrons. The van der Waals surface area contributed by atoms with Gasteiger partial charge in [0, 0.05) is 71.0 Å². The van der Waals surface area contributed by atoms with E-state index in [0.29, 0.717) is 19.7 Å². The van der Waals surface area contributed by atoms with Gasteiger partial charge in [-0.05, 0) is 55.2 Å². The lowest BCUT2D eigenvalue weighted by atomic mass is 9.83. The number of allylic oxidation sites excluding steroid dienone is 8. The Hall–Kier alpha value is -4.86. The van der Waals surface area contributed by atoms with Gasteiger partial charge in [0.2, 0.25) is 19.3 Å². The smallest absolute Gasteiger partial charge is 0.410 e. The Balaban J connectivity index is 1.15. The summed E-state index contributed by atoms with van der Waals surface area (Å²) in [6.45, 7) is 14.6. The molecule has 10 heteroatoms. The van der Waals surface area contributed by atoms with E-state index in [2.05, 4.69) is 105 Å². The maximum absolute atomic E-state index is 12.6. The second-order valence-corrected chi connectivity index (χ2v) is 14.8. The predicted molar refractivity (Wildman–Crippen MR) is 193 cm³/mol. The quantitative estimate of drug-likeness (QED) is 0.335. The van der Waals surface area contributed by atoms with Crippen molar-refractivity contribution in [2.45, 2.75) is 58.3 Å². The number of carbonyl (C=O) groups excluding carboxylic acids is 1. The van der Waals surface area contributed by atoms with E-state index in [1.165, 1.54) is 39.4 Å². The first-order valence-corrected chi connectivity index (χ1v) is 17.7. The van der Waals surface area contributed by atoms with Gasteiger partial charge in [-0.2, -0.15) is 0 Å². The molecule has 50 heavy (non-hydrogen) atoms. The number of hydrogen-bond acceptors (Lipinski definition) is 8. The van der Waals surface area contributed by atoms with Crippen LogP contribution in [0, 0.1) is 0 Å². The Kier molecular flexibility index (Phi) is 7.69. The third-order valence-corrected chi connectivity index (χ3v) is 11.3. The summed E-state index contributed by atoms with van der Waals surface area (Å²) < 4.78 is 30.7. The number of amides is 1. The first-order chi connectivity index (χ1) is 24.0. The Labute approximate surface area is 294 Å². The Morgan fingerprint density at radius 1 is 0.740 bits per heavy atom. The Bertz CT molecular complexity index is 1820. The molecule has 10 nitrogen and oxygen atoms in total. The number of hydrogen-bond donors (Lipinski definition) is 0. The van der Waals surface area contributed by atoms with Gasteiger partial charge < -0.3 is 33.5 Å². The number of benzene rings is 2. The average Bonchev–Trinajstić information content (AvgIpc) is 3.90. The van der Waals surface area contributed by atoms with Crippen molar-refractivity contribution in [1.82, 2.24) is 4.90 Å². The molecule has 0 spiro atoms. The maximum Gasteiger partial charge on any atom is 0.410 e. The zero-order valence-corrected chi connectivity index (χ0v) is 30.2. The molecule has 2 fully saturated rings. The van der Waals surface area contributed by atoms with Gasteiger partial charge in [0.15, 0.2) is 36.1 Å². The van der Waals surface area contributed by atoms with Gasteiger partial charge in [-0.25, -0.2) is 9.37 Å². The van der Waals surface area contributed by atoms with E-state index in [1.807, 2.05) is 11.8 Å². The van der Waals surface area contributed by atoms with Crippen molar-refractivity contribution in [2.75, 3.05) is 70.3 Å². The molecule has 6 aliphatic rings. The van der Waals surface area contributed by atoms with Crippen LogP contribution in [0.1, 0.15) is 58.6 Å². The van der Waals surface area contributed by atoms with Crippen molar-refractivity contribution in [3.8, 4) is 23.0 Å². The van der Waals surface area contributed by atoms with Crippen LogP contribution in [0.4, 0.5) is 16.2 Å². The monoisotopic (exact) mass is 679 g/mol. The van der Waals surface area contributed by atoms with Gasteiger partial charge in [-0.15, -0.1) is 0 Å². The summed E-state index contributed by atoms with van der Waals surface area (Å²) in [5.74, 6) is 3.22. The van der Waals surface area contributed by atoms with Crippen LogP contribution in [-0.2, 0) is 15.6 Å². The molecule has 0 radical (unpaired) electrons. The van der Waals surface area contributed by atoms with Gasteiger partial charge in [0.1, 0.15) is 0 Å². The van der Waals surface area contributed by atoms with Crippen LogP contribution >= 0.6 is 0 Å². The molecular weight excluding hydrogens is 632 g/mol. The molecule has 0 aromatic heterocycles. The van der Waals surface area contributed by atoms with E-state index in [1.54, 1.807) is 0 Å². The molecule has 8 rings (SSSR count). The first kappa shape index (κ1) is 32.4. The van der Waals surface area contributed by atoms with Gasteiger partial charge in [-0.1, -0.05) is 39.8 Å². The summed E-state index contributed by atoms with van der Waals surface area (Å²) in [5.41, 5.74) is 10.7. The fourth-order valence-corrected chi connectivity index (χ4v) is 8.56. The summed E-state index contributed by atoms with van der Waals surface area (Å²) in [6.07, 6.45) is 10.9. The normalized spacial score (nSPS) is 24.3. The van der Waals surface area contributed by atoms with Crippen molar-refractivity contribution >= 4 is 23.2 Å². The Morgan fingerprint density at radius 2 is 1.18 bits per heavy atom. The second-order valence-electron chi connectivity index (χ2n) is 14.8. The van der Waals surface area contributed by atoms with Gasteiger partial charge in [-0.3, -0.25) is 4.90 Å². The van der Waals surface area contributed by atoms with Crippen molar-refractivity contribution < 1.29 is 33.1 Å². The molecule has 5 heterocycles. The van der Waals surface area contributed by atoms with E-state index >= 15 is 0 Å². The highest BCUT2D eigenvalue weighted by atomic mass is 16.7.